The van der Waals surface area contributed by atoms with Crippen LogP contribution in [0.5, 0.6) is 0 Å². The number of benzene rings is 1. The molecule has 0 aromatic heterocycles. The number of nitrogens with one attached hydrogen (secondary N) is 1. The van der Waals surface area contributed by atoms with E-state index in [2.05, 4.69) is 5.32 Å². The maximum Gasteiger partial charge on any atom is 0.239 e. The van der Waals surface area contributed by atoms with Crippen LogP contribution in [0.3, 0.4) is 0 Å². The van der Waals surface area contributed by atoms with Crippen LogP contribution < -0.4 is 5.32 Å². The van der Waals surface area contributed by atoms with Crippen molar-refractivity contribution >= 4 is 11.8 Å². The second-order valence-corrected chi connectivity index (χ2v) is 4.39. The molecule has 1 saturated heterocycles. The molecule has 2 rings (SSSR count). The zero-order valence-electron chi connectivity index (χ0n) is 9.64. The van der Waals surface area contributed by atoms with Gasteiger partial charge < -0.3 is 5.11 Å². The Labute approximate surface area is 99.6 Å². The number of imide groups is 1. The lowest BCUT2D eigenvalue weighted by Crippen LogP contribution is -2.56. The molecule has 1 fully saturated rings. The standard InChI is InChI=1S/C13H15NO3/c1-9(15)13(10-5-3-2-4-6-10)8-7-11(16)14-12(13)17/h2-6,9,15H,7-8H2,1H3,(H,14,16,17). The summed E-state index contributed by atoms with van der Waals surface area (Å²) in [5.74, 6) is -0.683. The predicted molar refractivity (Wildman–Crippen MR) is 62.2 cm³/mol. The number of hydrogen-bond acceptors (Lipinski definition) is 3. The van der Waals surface area contributed by atoms with Crippen LogP contribution in [0.1, 0.15) is 25.3 Å². The molecule has 1 heterocycles. The van der Waals surface area contributed by atoms with Crippen molar-refractivity contribution in [2.24, 2.45) is 0 Å². The van der Waals surface area contributed by atoms with Crippen molar-refractivity contribution in [1.29, 1.82) is 0 Å². The van der Waals surface area contributed by atoms with Crippen molar-refractivity contribution in [2.45, 2.75) is 31.3 Å². The third kappa shape index (κ3) is 1.85. The van der Waals surface area contributed by atoms with E-state index in [-0.39, 0.29) is 12.3 Å². The molecule has 1 aliphatic heterocycles. The Morgan fingerprint density at radius 2 is 1.94 bits per heavy atom. The van der Waals surface area contributed by atoms with Crippen molar-refractivity contribution in [3.8, 4) is 0 Å². The Morgan fingerprint density at radius 1 is 1.29 bits per heavy atom. The minimum Gasteiger partial charge on any atom is -0.392 e. The molecule has 2 unspecified atom stereocenters. The maximum atomic E-state index is 12.1. The predicted octanol–water partition coefficient (Wildman–Crippen LogP) is 0.742. The molecule has 1 aromatic rings. The van der Waals surface area contributed by atoms with Crippen molar-refractivity contribution < 1.29 is 14.7 Å². The van der Waals surface area contributed by atoms with E-state index in [1.54, 1.807) is 6.92 Å². The molecule has 4 nitrogen and oxygen atoms in total. The Bertz CT molecular complexity index is 441. The van der Waals surface area contributed by atoms with E-state index in [4.69, 9.17) is 0 Å². The molecule has 0 bridgehead atoms. The zero-order valence-corrected chi connectivity index (χ0v) is 9.64. The summed E-state index contributed by atoms with van der Waals surface area (Å²) in [6.45, 7) is 1.59. The van der Waals surface area contributed by atoms with Crippen LogP contribution >= 0.6 is 0 Å². The van der Waals surface area contributed by atoms with E-state index >= 15 is 0 Å². The average Bonchev–Trinajstić information content (AvgIpc) is 2.30. The molecule has 1 aliphatic rings. The Hall–Kier alpha value is -1.68. The number of amides is 2. The number of carbonyl (C=O) groups excluding carboxylic acids is 2. The topological polar surface area (TPSA) is 66.4 Å². The van der Waals surface area contributed by atoms with Gasteiger partial charge in [-0.3, -0.25) is 14.9 Å². The first-order valence-electron chi connectivity index (χ1n) is 5.65. The summed E-state index contributed by atoms with van der Waals surface area (Å²) in [4.78, 5) is 23.3. The monoisotopic (exact) mass is 233 g/mol. The molecular formula is C13H15NO3. The number of rotatable bonds is 2. The number of hydrogen-bond donors (Lipinski definition) is 2. The molecule has 17 heavy (non-hydrogen) atoms. The second kappa shape index (κ2) is 4.30. The highest BCUT2D eigenvalue weighted by atomic mass is 16.3. The van der Waals surface area contributed by atoms with Gasteiger partial charge >= 0.3 is 0 Å². The van der Waals surface area contributed by atoms with Crippen LogP contribution in [0.15, 0.2) is 30.3 Å². The van der Waals surface area contributed by atoms with Gasteiger partial charge in [-0.1, -0.05) is 30.3 Å². The van der Waals surface area contributed by atoms with Crippen LogP contribution in [-0.2, 0) is 15.0 Å². The maximum absolute atomic E-state index is 12.1. The summed E-state index contributed by atoms with van der Waals surface area (Å²) in [6, 6.07) is 9.11. The summed E-state index contributed by atoms with van der Waals surface area (Å²) >= 11 is 0. The first-order chi connectivity index (χ1) is 8.07. The van der Waals surface area contributed by atoms with Gasteiger partial charge in [-0.05, 0) is 18.9 Å². The number of piperidine rings is 1. The molecule has 0 radical (unpaired) electrons. The highest BCUT2D eigenvalue weighted by molar-refractivity contribution is 6.03. The highest BCUT2D eigenvalue weighted by Gasteiger charge is 2.47. The van der Waals surface area contributed by atoms with Gasteiger partial charge in [0.25, 0.3) is 0 Å². The SMILES string of the molecule is CC(O)C1(c2ccccc2)CCC(=O)NC1=O. The van der Waals surface area contributed by atoms with Crippen LogP contribution in [0.4, 0.5) is 0 Å². The molecular weight excluding hydrogens is 218 g/mol. The first kappa shape index (κ1) is 11.8. The largest absolute Gasteiger partial charge is 0.392 e. The molecule has 2 amide bonds. The third-order valence-electron chi connectivity index (χ3n) is 3.41. The normalized spacial score (nSPS) is 26.5. The van der Waals surface area contributed by atoms with Crippen molar-refractivity contribution in [3.63, 3.8) is 0 Å². The molecule has 0 saturated carbocycles. The van der Waals surface area contributed by atoms with Gasteiger partial charge in [0.2, 0.25) is 11.8 Å². The molecule has 90 valence electrons. The van der Waals surface area contributed by atoms with Crippen molar-refractivity contribution in [3.05, 3.63) is 35.9 Å². The molecule has 2 N–H and O–H groups in total. The van der Waals surface area contributed by atoms with Gasteiger partial charge in [-0.15, -0.1) is 0 Å². The van der Waals surface area contributed by atoms with Gasteiger partial charge in [-0.2, -0.15) is 0 Å². The van der Waals surface area contributed by atoms with E-state index in [0.717, 1.165) is 5.56 Å². The quantitative estimate of drug-likeness (QED) is 0.740. The van der Waals surface area contributed by atoms with Gasteiger partial charge in [0.1, 0.15) is 5.41 Å². The minimum atomic E-state index is -1.00. The highest BCUT2D eigenvalue weighted by Crippen LogP contribution is 2.35. The first-order valence-corrected chi connectivity index (χ1v) is 5.65. The second-order valence-electron chi connectivity index (χ2n) is 4.39. The van der Waals surface area contributed by atoms with Crippen molar-refractivity contribution in [2.75, 3.05) is 0 Å². The van der Waals surface area contributed by atoms with E-state index in [1.807, 2.05) is 30.3 Å². The van der Waals surface area contributed by atoms with Crippen LogP contribution in [-0.4, -0.2) is 23.0 Å². The molecule has 4 heteroatoms. The zero-order chi connectivity index (χ0) is 12.5. The smallest absolute Gasteiger partial charge is 0.239 e. The van der Waals surface area contributed by atoms with Gasteiger partial charge in [0, 0.05) is 6.42 Å². The van der Waals surface area contributed by atoms with Gasteiger partial charge in [-0.25, -0.2) is 0 Å². The van der Waals surface area contributed by atoms with Crippen LogP contribution in [0, 0.1) is 0 Å². The molecule has 1 aromatic carbocycles. The Morgan fingerprint density at radius 3 is 2.47 bits per heavy atom. The lowest BCUT2D eigenvalue weighted by atomic mass is 9.70. The lowest BCUT2D eigenvalue weighted by molar-refractivity contribution is -0.141. The summed E-state index contributed by atoms with van der Waals surface area (Å²) in [6.07, 6.45) is -0.233. The van der Waals surface area contributed by atoms with E-state index in [1.165, 1.54) is 0 Å². The van der Waals surface area contributed by atoms with Crippen molar-refractivity contribution in [1.82, 2.24) is 5.32 Å². The average molecular weight is 233 g/mol. The minimum absolute atomic E-state index is 0.255. The fraction of sp³-hybridized carbons (Fsp3) is 0.385. The third-order valence-corrected chi connectivity index (χ3v) is 3.41. The van der Waals surface area contributed by atoms with Crippen LogP contribution in [0.25, 0.3) is 0 Å². The lowest BCUT2D eigenvalue weighted by Gasteiger charge is -2.38. The van der Waals surface area contributed by atoms with E-state index in [0.29, 0.717) is 6.42 Å². The Balaban J connectivity index is 2.47. The van der Waals surface area contributed by atoms with Gasteiger partial charge in [0.05, 0.1) is 6.10 Å². The fourth-order valence-electron chi connectivity index (χ4n) is 2.38. The molecule has 0 spiro atoms. The number of aliphatic hydroxyl groups is 1. The summed E-state index contributed by atoms with van der Waals surface area (Å²) in [5, 5.41) is 12.3. The van der Waals surface area contributed by atoms with Crippen LogP contribution in [0.2, 0.25) is 0 Å². The summed E-state index contributed by atoms with van der Waals surface area (Å²) in [5.41, 5.74) is -0.255. The number of aliphatic hydroxyl groups excluding tert-OH is 1. The molecule has 2 atom stereocenters. The fourth-order valence-corrected chi connectivity index (χ4v) is 2.38. The Kier molecular flexibility index (Phi) is 2.98. The van der Waals surface area contributed by atoms with E-state index in [9.17, 15) is 14.7 Å². The number of carbonyl (C=O) groups is 2. The summed E-state index contributed by atoms with van der Waals surface area (Å²) < 4.78 is 0. The van der Waals surface area contributed by atoms with E-state index < -0.39 is 17.4 Å². The van der Waals surface area contributed by atoms with Gasteiger partial charge in [0.15, 0.2) is 0 Å². The molecule has 0 aliphatic carbocycles. The summed E-state index contributed by atoms with van der Waals surface area (Å²) in [7, 11) is 0.